The van der Waals surface area contributed by atoms with Gasteiger partial charge in [0.15, 0.2) is 34.0 Å². The number of imidazole rings is 1. The van der Waals surface area contributed by atoms with E-state index in [0.29, 0.717) is 36.7 Å². The van der Waals surface area contributed by atoms with Crippen LogP contribution in [0.15, 0.2) is 67.0 Å². The van der Waals surface area contributed by atoms with E-state index < -0.39 is 37.3 Å². The molecule has 10 nitrogen and oxygen atoms in total. The van der Waals surface area contributed by atoms with Crippen molar-refractivity contribution in [2.24, 2.45) is 0 Å². The zero-order valence-corrected chi connectivity index (χ0v) is 39.2. The maximum Gasteiger partial charge on any atom is 0.252 e. The Labute approximate surface area is 333 Å². The molecule has 0 aliphatic carbocycles. The van der Waals surface area contributed by atoms with Gasteiger partial charge in [-0.25, -0.2) is 4.98 Å². The van der Waals surface area contributed by atoms with E-state index in [4.69, 9.17) is 33.7 Å². The standard InChI is InChI=1S/C42H68N6O4Si3/c1-40(2,3)53(10,11)49-28-32-34(47(26-30-22-18-16-19-23-30)27-31-24-20-17-21-25-31)35(51-54(12,13)41(4,5)6)38(50-32)48-29-44-33-36(48)45-39(43)46-37(33)52-55(14,15)42(7,8)9/h16-25,29,32,34-35,38H,26-28H2,1-15H3,(H2,43,45,46)/t32?,34?,35?,38-/m1/s1. The number of nitrogen functional groups attached to an aromatic ring is 1. The van der Waals surface area contributed by atoms with E-state index in [2.05, 4.69) is 172 Å². The summed E-state index contributed by atoms with van der Waals surface area (Å²) in [5.74, 6) is 0.545. The molecule has 13 heteroatoms. The Morgan fingerprint density at radius 1 is 0.727 bits per heavy atom. The van der Waals surface area contributed by atoms with Gasteiger partial charge in [-0.3, -0.25) is 9.47 Å². The largest absolute Gasteiger partial charge is 0.529 e. The van der Waals surface area contributed by atoms with Gasteiger partial charge in [0, 0.05) is 13.1 Å². The molecule has 5 rings (SSSR count). The van der Waals surface area contributed by atoms with Gasteiger partial charge in [-0.1, -0.05) is 123 Å². The number of fused-ring (bicyclic) bond motifs is 1. The van der Waals surface area contributed by atoms with E-state index in [1.165, 1.54) is 11.1 Å². The van der Waals surface area contributed by atoms with Crippen molar-refractivity contribution in [3.63, 3.8) is 0 Å². The first-order valence-corrected chi connectivity index (χ1v) is 28.5. The van der Waals surface area contributed by atoms with Crippen LogP contribution in [0.3, 0.4) is 0 Å². The summed E-state index contributed by atoms with van der Waals surface area (Å²) in [6.07, 6.45) is 0.485. The van der Waals surface area contributed by atoms with E-state index in [-0.39, 0.29) is 33.2 Å². The van der Waals surface area contributed by atoms with E-state index in [1.807, 2.05) is 4.57 Å². The quantitative estimate of drug-likeness (QED) is 0.132. The number of ether oxygens (including phenoxy) is 1. The lowest BCUT2D eigenvalue weighted by molar-refractivity contribution is -0.0463. The smallest absolute Gasteiger partial charge is 0.252 e. The van der Waals surface area contributed by atoms with Crippen LogP contribution >= 0.6 is 0 Å². The summed E-state index contributed by atoms with van der Waals surface area (Å²) in [5, 5.41) is -0.0834. The van der Waals surface area contributed by atoms with E-state index >= 15 is 0 Å². The highest BCUT2D eigenvalue weighted by Crippen LogP contribution is 2.46. The van der Waals surface area contributed by atoms with Gasteiger partial charge >= 0.3 is 0 Å². The fraction of sp³-hybridized carbons (Fsp3) is 0.595. The Kier molecular flexibility index (Phi) is 12.4. The first-order chi connectivity index (χ1) is 25.3. The fourth-order valence-electron chi connectivity index (χ4n) is 6.14. The van der Waals surface area contributed by atoms with Crippen molar-refractivity contribution in [2.75, 3.05) is 12.3 Å². The van der Waals surface area contributed by atoms with Crippen molar-refractivity contribution >= 4 is 42.1 Å². The third-order valence-electron chi connectivity index (χ3n) is 12.7. The highest BCUT2D eigenvalue weighted by atomic mass is 28.4. The molecule has 0 radical (unpaired) electrons. The SMILES string of the molecule is CC(C)(C)[Si](C)(C)OCC1O[C@@H](n2cnc3c(O[Si](C)(C)C(C)(C)C)nc(N)nc32)C(O[Si](C)(C)C(C)(C)C)C1N(Cc1ccccc1)Cc1ccccc1. The molecule has 0 spiro atoms. The first kappa shape index (κ1) is 43.2. The Morgan fingerprint density at radius 2 is 1.24 bits per heavy atom. The predicted molar refractivity (Wildman–Crippen MR) is 233 cm³/mol. The highest BCUT2D eigenvalue weighted by Gasteiger charge is 2.54. The third kappa shape index (κ3) is 9.62. The molecule has 1 aliphatic rings. The molecule has 2 aromatic heterocycles. The second-order valence-corrected chi connectivity index (χ2v) is 34.2. The maximum absolute atomic E-state index is 7.61. The third-order valence-corrected chi connectivity index (χ3v) is 26.0. The number of aromatic nitrogens is 4. The molecule has 4 atom stereocenters. The summed E-state index contributed by atoms with van der Waals surface area (Å²) in [6, 6.07) is 21.2. The number of rotatable bonds is 13. The van der Waals surface area contributed by atoms with Gasteiger partial charge in [-0.15, -0.1) is 0 Å². The molecule has 0 saturated carbocycles. The monoisotopic (exact) mass is 804 g/mol. The van der Waals surface area contributed by atoms with Crippen LogP contribution in [0.1, 0.15) is 79.7 Å². The minimum atomic E-state index is -2.41. The van der Waals surface area contributed by atoms with Crippen LogP contribution in [0.2, 0.25) is 54.4 Å². The van der Waals surface area contributed by atoms with Crippen molar-refractivity contribution in [1.29, 1.82) is 0 Å². The van der Waals surface area contributed by atoms with Gasteiger partial charge in [0.05, 0.1) is 19.0 Å². The molecular weight excluding hydrogens is 737 g/mol. The van der Waals surface area contributed by atoms with Gasteiger partial charge in [-0.05, 0) is 65.5 Å². The van der Waals surface area contributed by atoms with Gasteiger partial charge in [0.2, 0.25) is 11.8 Å². The van der Waals surface area contributed by atoms with E-state index in [1.54, 1.807) is 6.33 Å². The normalized spacial score (nSPS) is 20.4. The number of benzene rings is 2. The average molecular weight is 805 g/mol. The number of nitrogens with two attached hydrogens (primary N) is 1. The van der Waals surface area contributed by atoms with Crippen LogP contribution in [0, 0.1) is 0 Å². The first-order valence-electron chi connectivity index (χ1n) is 19.8. The highest BCUT2D eigenvalue weighted by molar-refractivity contribution is 6.75. The zero-order valence-electron chi connectivity index (χ0n) is 36.2. The summed E-state index contributed by atoms with van der Waals surface area (Å²) in [4.78, 5) is 16.9. The van der Waals surface area contributed by atoms with Crippen molar-refractivity contribution in [1.82, 2.24) is 24.4 Å². The Hall–Kier alpha value is -2.92. The van der Waals surface area contributed by atoms with Crippen molar-refractivity contribution in [3.05, 3.63) is 78.1 Å². The molecule has 2 aromatic carbocycles. The maximum atomic E-state index is 7.61. The van der Waals surface area contributed by atoms with Crippen LogP contribution in [0.25, 0.3) is 11.2 Å². The topological polar surface area (TPSA) is 110 Å². The lowest BCUT2D eigenvalue weighted by Gasteiger charge is -2.43. The van der Waals surface area contributed by atoms with Crippen LogP contribution < -0.4 is 10.2 Å². The number of anilines is 1. The molecule has 0 amide bonds. The average Bonchev–Trinajstić information content (AvgIpc) is 3.63. The van der Waals surface area contributed by atoms with Gasteiger partial charge < -0.3 is 23.7 Å². The molecule has 0 bridgehead atoms. The second-order valence-electron chi connectivity index (χ2n) is 19.9. The molecule has 1 saturated heterocycles. The van der Waals surface area contributed by atoms with Gasteiger partial charge in [0.25, 0.3) is 8.32 Å². The van der Waals surface area contributed by atoms with E-state index in [0.717, 1.165) is 0 Å². The zero-order chi connectivity index (χ0) is 40.8. The van der Waals surface area contributed by atoms with Crippen LogP contribution in [-0.4, -0.2) is 74.2 Å². The molecule has 3 unspecified atom stereocenters. The number of nitrogens with zero attached hydrogens (tertiary/aromatic N) is 5. The Balaban J connectivity index is 1.71. The molecule has 4 aromatic rings. The summed E-state index contributed by atoms with van der Waals surface area (Å²) in [5.41, 5.74) is 10.0. The van der Waals surface area contributed by atoms with Gasteiger partial charge in [0.1, 0.15) is 12.2 Å². The van der Waals surface area contributed by atoms with Crippen molar-refractivity contribution in [3.8, 4) is 5.88 Å². The molecule has 1 fully saturated rings. The second kappa shape index (κ2) is 15.8. The van der Waals surface area contributed by atoms with Crippen LogP contribution in [0.5, 0.6) is 5.88 Å². The van der Waals surface area contributed by atoms with E-state index in [9.17, 15) is 0 Å². The van der Waals surface area contributed by atoms with Crippen molar-refractivity contribution < 1.29 is 18.0 Å². The summed E-state index contributed by atoms with van der Waals surface area (Å²) in [6.45, 7) is 35.8. The summed E-state index contributed by atoms with van der Waals surface area (Å²) in [7, 11) is -6.87. The summed E-state index contributed by atoms with van der Waals surface area (Å²) < 4.78 is 30.8. The molecule has 3 heterocycles. The van der Waals surface area contributed by atoms with Crippen molar-refractivity contribution in [2.45, 2.75) is 154 Å². The number of hydrogen-bond donors (Lipinski definition) is 1. The lowest BCUT2D eigenvalue weighted by Crippen LogP contribution is -2.54. The minimum absolute atomic E-state index is 0.0286. The molecule has 1 aliphatic heterocycles. The Bertz CT molecular complexity index is 1840. The summed E-state index contributed by atoms with van der Waals surface area (Å²) >= 11 is 0. The minimum Gasteiger partial charge on any atom is -0.529 e. The lowest BCUT2D eigenvalue weighted by atomic mass is 10.0. The van der Waals surface area contributed by atoms with Crippen LogP contribution in [-0.2, 0) is 26.7 Å². The molecule has 302 valence electrons. The molecular formula is C42H68N6O4Si3. The number of hydrogen-bond acceptors (Lipinski definition) is 9. The van der Waals surface area contributed by atoms with Crippen LogP contribution in [0.4, 0.5) is 5.95 Å². The van der Waals surface area contributed by atoms with Gasteiger partial charge in [-0.2, -0.15) is 9.97 Å². The Morgan fingerprint density at radius 3 is 1.73 bits per heavy atom. The predicted octanol–water partition coefficient (Wildman–Crippen LogP) is 10.2. The molecule has 55 heavy (non-hydrogen) atoms. The molecule has 2 N–H and O–H groups in total. The fourth-order valence-corrected chi connectivity index (χ4v) is 9.37.